The minimum absolute atomic E-state index is 0.00765. The predicted molar refractivity (Wildman–Crippen MR) is 124 cm³/mol. The van der Waals surface area contributed by atoms with Crippen LogP contribution in [0.1, 0.15) is 25.8 Å². The van der Waals surface area contributed by atoms with Gasteiger partial charge in [-0.3, -0.25) is 9.79 Å². The Hall–Kier alpha value is -3.33. The van der Waals surface area contributed by atoms with Crippen LogP contribution in [0, 0.1) is 23.4 Å². The largest absolute Gasteiger partial charge is 0.489 e. The molecule has 34 heavy (non-hydrogen) atoms. The first-order valence-corrected chi connectivity index (χ1v) is 10.8. The topological polar surface area (TPSA) is 85.9 Å². The highest BCUT2D eigenvalue weighted by Crippen LogP contribution is 2.55. The summed E-state index contributed by atoms with van der Waals surface area (Å²) in [7, 11) is 1.49. The molecule has 1 fully saturated rings. The molecule has 0 heterocycles. The van der Waals surface area contributed by atoms with E-state index in [9.17, 15) is 18.0 Å². The summed E-state index contributed by atoms with van der Waals surface area (Å²) < 4.78 is 52.7. The van der Waals surface area contributed by atoms with Gasteiger partial charge in [0.15, 0.2) is 5.76 Å². The number of nitrogens with zero attached hydrogens (tertiary/aromatic N) is 1. The van der Waals surface area contributed by atoms with Crippen LogP contribution in [0.5, 0.6) is 0 Å². The van der Waals surface area contributed by atoms with Gasteiger partial charge in [0.05, 0.1) is 36.7 Å². The van der Waals surface area contributed by atoms with Gasteiger partial charge in [-0.2, -0.15) is 0 Å². The lowest BCUT2D eigenvalue weighted by atomic mass is 9.93. The minimum Gasteiger partial charge on any atom is -0.489 e. The van der Waals surface area contributed by atoms with E-state index in [1.165, 1.54) is 25.5 Å². The van der Waals surface area contributed by atoms with Gasteiger partial charge in [0.2, 0.25) is 5.91 Å². The van der Waals surface area contributed by atoms with Crippen molar-refractivity contribution in [1.82, 2.24) is 0 Å². The molecule has 0 bridgehead atoms. The highest BCUT2D eigenvalue weighted by Gasteiger charge is 2.60. The van der Waals surface area contributed by atoms with Gasteiger partial charge in [-0.15, -0.1) is 0 Å². The SMILES string of the molecule is COC/C(N)=C(/C=NC(C)C)OC[C@@]1(c2cccc(F)c2)C[C@H]1C(=O)Nc1cc(F)ccc1F. The lowest BCUT2D eigenvalue weighted by Crippen LogP contribution is -2.26. The Bertz CT molecular complexity index is 1100. The van der Waals surface area contributed by atoms with Crippen LogP contribution in [0.2, 0.25) is 0 Å². The molecular weight excluding hydrogens is 447 g/mol. The number of carbonyl (C=O) groups is 1. The number of benzene rings is 2. The van der Waals surface area contributed by atoms with Crippen LogP contribution in [0.4, 0.5) is 18.9 Å². The van der Waals surface area contributed by atoms with E-state index in [1.54, 1.807) is 12.1 Å². The number of aliphatic imine (C=N–C) groups is 1. The van der Waals surface area contributed by atoms with Crippen molar-refractivity contribution < 1.29 is 27.4 Å². The van der Waals surface area contributed by atoms with E-state index in [4.69, 9.17) is 15.2 Å². The van der Waals surface area contributed by atoms with E-state index < -0.39 is 34.7 Å². The van der Waals surface area contributed by atoms with Crippen molar-refractivity contribution >= 4 is 17.8 Å². The first-order chi connectivity index (χ1) is 16.2. The Kier molecular flexibility index (Phi) is 7.98. The molecule has 3 N–H and O–H groups in total. The molecular formula is C25H28F3N3O3. The maximum Gasteiger partial charge on any atom is 0.228 e. The molecule has 3 rings (SSSR count). The van der Waals surface area contributed by atoms with Crippen molar-refractivity contribution in [2.24, 2.45) is 16.6 Å². The summed E-state index contributed by atoms with van der Waals surface area (Å²) in [5.74, 6) is -2.80. The van der Waals surface area contributed by atoms with E-state index in [-0.39, 0.29) is 30.7 Å². The third-order valence-corrected chi connectivity index (χ3v) is 5.57. The van der Waals surface area contributed by atoms with Gasteiger partial charge in [-0.05, 0) is 50.1 Å². The molecule has 9 heteroatoms. The smallest absolute Gasteiger partial charge is 0.228 e. The minimum atomic E-state index is -0.889. The number of methoxy groups -OCH3 is 1. The Labute approximate surface area is 196 Å². The molecule has 0 aromatic heterocycles. The molecule has 0 unspecified atom stereocenters. The Morgan fingerprint density at radius 2 is 1.97 bits per heavy atom. The lowest BCUT2D eigenvalue weighted by molar-refractivity contribution is -0.118. The fraction of sp³-hybridized carbons (Fsp3) is 0.360. The summed E-state index contributed by atoms with van der Waals surface area (Å²) >= 11 is 0. The van der Waals surface area contributed by atoms with Crippen LogP contribution in [-0.2, 0) is 19.7 Å². The van der Waals surface area contributed by atoms with Crippen LogP contribution < -0.4 is 11.1 Å². The van der Waals surface area contributed by atoms with E-state index in [1.807, 2.05) is 13.8 Å². The van der Waals surface area contributed by atoms with Crippen molar-refractivity contribution in [2.75, 3.05) is 25.6 Å². The maximum atomic E-state index is 14.0. The second-order valence-electron chi connectivity index (χ2n) is 8.52. The van der Waals surface area contributed by atoms with Crippen LogP contribution in [-0.4, -0.2) is 38.5 Å². The Morgan fingerprint density at radius 3 is 2.65 bits per heavy atom. The molecule has 182 valence electrons. The Morgan fingerprint density at radius 1 is 1.24 bits per heavy atom. The van der Waals surface area contributed by atoms with Crippen LogP contribution >= 0.6 is 0 Å². The quantitative estimate of drug-likeness (QED) is 0.396. The molecule has 2 aromatic rings. The molecule has 0 spiro atoms. The van der Waals surface area contributed by atoms with Crippen molar-refractivity contribution in [1.29, 1.82) is 0 Å². The van der Waals surface area contributed by atoms with Crippen molar-refractivity contribution in [3.63, 3.8) is 0 Å². The number of anilines is 1. The monoisotopic (exact) mass is 475 g/mol. The number of carbonyl (C=O) groups excluding carboxylic acids is 1. The molecule has 6 nitrogen and oxygen atoms in total. The number of allylic oxidation sites excluding steroid dienone is 1. The van der Waals surface area contributed by atoms with Crippen molar-refractivity contribution in [3.8, 4) is 0 Å². The zero-order valence-corrected chi connectivity index (χ0v) is 19.3. The highest BCUT2D eigenvalue weighted by molar-refractivity contribution is 5.96. The zero-order chi connectivity index (χ0) is 24.9. The molecule has 1 saturated carbocycles. The van der Waals surface area contributed by atoms with Crippen molar-refractivity contribution in [3.05, 3.63) is 76.9 Å². The van der Waals surface area contributed by atoms with E-state index >= 15 is 0 Å². The van der Waals surface area contributed by atoms with Crippen molar-refractivity contribution in [2.45, 2.75) is 31.7 Å². The summed E-state index contributed by atoms with van der Waals surface area (Å²) in [5.41, 5.74) is 5.79. The van der Waals surface area contributed by atoms with E-state index in [0.29, 0.717) is 17.7 Å². The molecule has 2 atom stereocenters. The average molecular weight is 476 g/mol. The van der Waals surface area contributed by atoms with E-state index in [2.05, 4.69) is 10.3 Å². The van der Waals surface area contributed by atoms with Crippen LogP contribution in [0.25, 0.3) is 0 Å². The van der Waals surface area contributed by atoms with E-state index in [0.717, 1.165) is 18.2 Å². The summed E-state index contributed by atoms with van der Waals surface area (Å²) in [6.07, 6.45) is 1.82. The average Bonchev–Trinajstić information content (AvgIpc) is 3.52. The lowest BCUT2D eigenvalue weighted by Gasteiger charge is -2.20. The number of halogens is 3. The second-order valence-corrected chi connectivity index (χ2v) is 8.52. The molecule has 1 aliphatic rings. The molecule has 0 aliphatic heterocycles. The second kappa shape index (κ2) is 10.7. The first kappa shape index (κ1) is 25.3. The van der Waals surface area contributed by atoms with Gasteiger partial charge in [0.25, 0.3) is 0 Å². The van der Waals surface area contributed by atoms with Gasteiger partial charge in [-0.25, -0.2) is 13.2 Å². The maximum absolute atomic E-state index is 14.0. The van der Waals surface area contributed by atoms with Gasteiger partial charge in [0.1, 0.15) is 17.5 Å². The fourth-order valence-electron chi connectivity index (χ4n) is 3.68. The standard InChI is InChI=1S/C25H28F3N3O3/c1-15(2)30-12-23(21(29)13-33-3)34-14-25(16-5-4-6-17(26)9-16)11-19(25)24(32)31-22-10-18(27)7-8-20(22)28/h4-10,12,15,19H,11,13-14,29H2,1-3H3,(H,31,32)/b23-21+,30-12?/t19-,25+/m0/s1. The third kappa shape index (κ3) is 5.96. The predicted octanol–water partition coefficient (Wildman–Crippen LogP) is 4.31. The summed E-state index contributed by atoms with van der Waals surface area (Å²) in [6.45, 7) is 3.88. The third-order valence-electron chi connectivity index (χ3n) is 5.57. The normalized spacial score (nSPS) is 20.4. The first-order valence-electron chi connectivity index (χ1n) is 10.8. The summed E-state index contributed by atoms with van der Waals surface area (Å²) in [4.78, 5) is 17.3. The van der Waals surface area contributed by atoms with Gasteiger partial charge in [0, 0.05) is 24.6 Å². The number of hydrogen-bond donors (Lipinski definition) is 2. The molecule has 0 radical (unpaired) electrons. The van der Waals surface area contributed by atoms with Crippen LogP contribution in [0.3, 0.4) is 0 Å². The number of hydrogen-bond acceptors (Lipinski definition) is 5. The molecule has 1 amide bonds. The number of nitrogens with two attached hydrogens (primary N) is 1. The van der Waals surface area contributed by atoms with Gasteiger partial charge in [-0.1, -0.05) is 12.1 Å². The zero-order valence-electron chi connectivity index (χ0n) is 19.3. The fourth-order valence-corrected chi connectivity index (χ4v) is 3.68. The molecule has 0 saturated heterocycles. The van der Waals surface area contributed by atoms with Gasteiger partial charge < -0.3 is 20.5 Å². The molecule has 2 aromatic carbocycles. The Balaban J connectivity index is 1.87. The highest BCUT2D eigenvalue weighted by atomic mass is 19.1. The summed E-state index contributed by atoms with van der Waals surface area (Å²) in [5, 5.41) is 2.44. The van der Waals surface area contributed by atoms with Crippen LogP contribution in [0.15, 0.2) is 58.9 Å². The van der Waals surface area contributed by atoms with Gasteiger partial charge >= 0.3 is 0 Å². The number of ether oxygens (including phenoxy) is 2. The number of rotatable bonds is 10. The number of amides is 1. The number of nitrogens with one attached hydrogen (secondary N) is 1. The molecule has 1 aliphatic carbocycles. The summed E-state index contributed by atoms with van der Waals surface area (Å²) in [6, 6.07) is 8.68.